The molecule has 0 fully saturated rings. The molecule has 0 bridgehead atoms. The van der Waals surface area contributed by atoms with Gasteiger partial charge in [0.15, 0.2) is 0 Å². The quantitative estimate of drug-likeness (QED) is 0.565. The number of hydrogen-bond acceptors (Lipinski definition) is 7. The van der Waals surface area contributed by atoms with Gasteiger partial charge in [-0.05, 0) is 39.0 Å². The van der Waals surface area contributed by atoms with E-state index in [0.29, 0.717) is 17.7 Å². The first-order chi connectivity index (χ1) is 14.6. The number of amides is 1. The molecule has 0 saturated carbocycles. The molecule has 1 aliphatic heterocycles. The minimum atomic E-state index is -3.95. The van der Waals surface area contributed by atoms with Crippen LogP contribution in [0, 0.1) is 6.92 Å². The first kappa shape index (κ1) is 21.4. The van der Waals surface area contributed by atoms with Gasteiger partial charge < -0.3 is 4.74 Å². The fourth-order valence-electron chi connectivity index (χ4n) is 3.39. The summed E-state index contributed by atoms with van der Waals surface area (Å²) < 4.78 is 34.4. The summed E-state index contributed by atoms with van der Waals surface area (Å²) in [6, 6.07) is 13.9. The SMILES string of the molecule is Cc1ccc(C(=O)Nc2nnc(S(=O)(=O)N[C@H]3CC(C)(C)Oc4ccccc43)s2)cc1. The van der Waals surface area contributed by atoms with Crippen molar-refractivity contribution in [1.82, 2.24) is 14.9 Å². The summed E-state index contributed by atoms with van der Waals surface area (Å²) in [5.74, 6) is 0.267. The van der Waals surface area contributed by atoms with Crippen LogP contribution in [-0.2, 0) is 10.0 Å². The number of hydrogen-bond donors (Lipinski definition) is 2. The molecule has 4 rings (SSSR count). The topological polar surface area (TPSA) is 110 Å². The number of fused-ring (bicyclic) bond motifs is 1. The maximum absolute atomic E-state index is 13.0. The molecular formula is C21H22N4O4S2. The predicted molar refractivity (Wildman–Crippen MR) is 118 cm³/mol. The number of carbonyl (C=O) groups excluding carboxylic acids is 1. The van der Waals surface area contributed by atoms with Crippen LogP contribution in [-0.4, -0.2) is 30.1 Å². The Morgan fingerprint density at radius 1 is 1.13 bits per heavy atom. The van der Waals surface area contributed by atoms with Gasteiger partial charge in [0.05, 0.1) is 6.04 Å². The number of para-hydroxylation sites is 1. The smallest absolute Gasteiger partial charge is 0.270 e. The van der Waals surface area contributed by atoms with E-state index in [1.165, 1.54) is 0 Å². The summed E-state index contributed by atoms with van der Waals surface area (Å²) in [7, 11) is -3.95. The second kappa shape index (κ2) is 8.03. The predicted octanol–water partition coefficient (Wildman–Crippen LogP) is 3.68. The lowest BCUT2D eigenvalue weighted by Gasteiger charge is -2.37. The Balaban J connectivity index is 1.52. The van der Waals surface area contributed by atoms with Crippen molar-refractivity contribution in [3.63, 3.8) is 0 Å². The van der Waals surface area contributed by atoms with Gasteiger partial charge in [-0.1, -0.05) is 47.2 Å². The lowest BCUT2D eigenvalue weighted by molar-refractivity contribution is 0.0702. The Hall–Kier alpha value is -2.82. The summed E-state index contributed by atoms with van der Waals surface area (Å²) >= 11 is 0.800. The summed E-state index contributed by atoms with van der Waals surface area (Å²) in [4.78, 5) is 12.4. The highest BCUT2D eigenvalue weighted by atomic mass is 32.2. The van der Waals surface area contributed by atoms with Gasteiger partial charge in [0.2, 0.25) is 9.47 Å². The second-order valence-corrected chi connectivity index (χ2v) is 10.8. The minimum Gasteiger partial charge on any atom is -0.487 e. The van der Waals surface area contributed by atoms with Gasteiger partial charge in [-0.3, -0.25) is 10.1 Å². The van der Waals surface area contributed by atoms with E-state index in [0.717, 1.165) is 22.5 Å². The Morgan fingerprint density at radius 2 is 1.84 bits per heavy atom. The van der Waals surface area contributed by atoms with Crippen LogP contribution in [0.25, 0.3) is 0 Å². The number of carbonyl (C=O) groups is 1. The zero-order chi connectivity index (χ0) is 22.2. The van der Waals surface area contributed by atoms with E-state index in [1.54, 1.807) is 12.1 Å². The number of anilines is 1. The number of aryl methyl sites for hydroxylation is 1. The zero-order valence-electron chi connectivity index (χ0n) is 17.2. The number of nitrogens with one attached hydrogen (secondary N) is 2. The highest BCUT2D eigenvalue weighted by Gasteiger charge is 2.36. The highest BCUT2D eigenvalue weighted by Crippen LogP contribution is 2.40. The van der Waals surface area contributed by atoms with Crippen molar-refractivity contribution >= 4 is 32.4 Å². The second-order valence-electron chi connectivity index (χ2n) is 7.97. The molecule has 2 N–H and O–H groups in total. The van der Waals surface area contributed by atoms with Crippen molar-refractivity contribution in [3.8, 4) is 5.75 Å². The van der Waals surface area contributed by atoms with Crippen LogP contribution in [0.4, 0.5) is 5.13 Å². The average molecular weight is 459 g/mol. The van der Waals surface area contributed by atoms with E-state index < -0.39 is 21.7 Å². The number of sulfonamides is 1. The van der Waals surface area contributed by atoms with Gasteiger partial charge in [0.1, 0.15) is 11.4 Å². The van der Waals surface area contributed by atoms with Crippen LogP contribution in [0.3, 0.4) is 0 Å². The average Bonchev–Trinajstić information content (AvgIpc) is 3.17. The molecule has 3 aromatic rings. The zero-order valence-corrected chi connectivity index (χ0v) is 18.9. The van der Waals surface area contributed by atoms with Gasteiger partial charge in [0.25, 0.3) is 15.9 Å². The first-order valence-electron chi connectivity index (χ1n) is 9.65. The molecule has 0 saturated heterocycles. The van der Waals surface area contributed by atoms with Crippen molar-refractivity contribution in [2.45, 2.75) is 43.2 Å². The molecule has 31 heavy (non-hydrogen) atoms. The Labute approximate surface area is 184 Å². The van der Waals surface area contributed by atoms with Crippen LogP contribution >= 0.6 is 11.3 Å². The molecule has 1 atom stereocenters. The normalized spacial score (nSPS) is 17.5. The molecule has 1 amide bonds. The van der Waals surface area contributed by atoms with Gasteiger partial charge >= 0.3 is 0 Å². The Kier molecular flexibility index (Phi) is 5.54. The highest BCUT2D eigenvalue weighted by molar-refractivity contribution is 7.91. The fraction of sp³-hybridized carbons (Fsp3) is 0.286. The molecule has 162 valence electrons. The van der Waals surface area contributed by atoms with Crippen molar-refractivity contribution in [2.24, 2.45) is 0 Å². The maximum atomic E-state index is 13.0. The van der Waals surface area contributed by atoms with E-state index >= 15 is 0 Å². The molecular weight excluding hydrogens is 436 g/mol. The van der Waals surface area contributed by atoms with Crippen molar-refractivity contribution in [3.05, 3.63) is 65.2 Å². The molecule has 1 aliphatic rings. The van der Waals surface area contributed by atoms with Crippen LogP contribution in [0.5, 0.6) is 5.75 Å². The van der Waals surface area contributed by atoms with Gasteiger partial charge in [-0.15, -0.1) is 10.2 Å². The molecule has 2 aromatic carbocycles. The summed E-state index contributed by atoms with van der Waals surface area (Å²) in [5, 5.41) is 10.3. The number of ether oxygens (including phenoxy) is 1. The van der Waals surface area contributed by atoms with Crippen molar-refractivity contribution in [2.75, 3.05) is 5.32 Å². The fourth-order valence-corrected chi connectivity index (χ4v) is 5.51. The van der Waals surface area contributed by atoms with Gasteiger partial charge in [0, 0.05) is 17.5 Å². The molecule has 2 heterocycles. The summed E-state index contributed by atoms with van der Waals surface area (Å²) in [6.45, 7) is 5.75. The lowest BCUT2D eigenvalue weighted by atomic mass is 9.90. The third-order valence-electron chi connectivity index (χ3n) is 4.84. The molecule has 0 unspecified atom stereocenters. The van der Waals surface area contributed by atoms with Crippen LogP contribution < -0.4 is 14.8 Å². The molecule has 0 spiro atoms. The Bertz CT molecular complexity index is 1220. The van der Waals surface area contributed by atoms with E-state index in [2.05, 4.69) is 20.2 Å². The first-order valence-corrected chi connectivity index (χ1v) is 11.9. The number of rotatable bonds is 5. The minimum absolute atomic E-state index is 0.110. The molecule has 0 radical (unpaired) electrons. The third kappa shape index (κ3) is 4.76. The van der Waals surface area contributed by atoms with E-state index in [9.17, 15) is 13.2 Å². The number of benzene rings is 2. The van der Waals surface area contributed by atoms with Gasteiger partial charge in [-0.25, -0.2) is 13.1 Å². The molecule has 10 heteroatoms. The van der Waals surface area contributed by atoms with Crippen molar-refractivity contribution < 1.29 is 17.9 Å². The standard InChI is InChI=1S/C21H22N4O4S2/c1-13-8-10-14(11-9-13)18(26)22-19-23-24-20(30-19)31(27,28)25-16-12-21(2,3)29-17-7-5-4-6-15(16)17/h4-11,16,25H,12H2,1-3H3,(H,22,23,26)/t16-/m0/s1. The van der Waals surface area contributed by atoms with Crippen LogP contribution in [0.1, 0.15) is 47.8 Å². The van der Waals surface area contributed by atoms with Crippen LogP contribution in [0.15, 0.2) is 52.9 Å². The number of nitrogens with zero attached hydrogens (tertiary/aromatic N) is 2. The molecule has 8 nitrogen and oxygen atoms in total. The van der Waals surface area contributed by atoms with E-state index in [-0.39, 0.29) is 15.4 Å². The van der Waals surface area contributed by atoms with E-state index in [4.69, 9.17) is 4.74 Å². The lowest BCUT2D eigenvalue weighted by Crippen LogP contribution is -2.41. The summed E-state index contributed by atoms with van der Waals surface area (Å²) in [5.41, 5.74) is 1.72. The summed E-state index contributed by atoms with van der Waals surface area (Å²) in [6.07, 6.45) is 0.457. The van der Waals surface area contributed by atoms with Gasteiger partial charge in [-0.2, -0.15) is 0 Å². The van der Waals surface area contributed by atoms with Crippen LogP contribution in [0.2, 0.25) is 0 Å². The Morgan fingerprint density at radius 3 is 2.58 bits per heavy atom. The van der Waals surface area contributed by atoms with E-state index in [1.807, 2.05) is 57.2 Å². The third-order valence-corrected chi connectivity index (χ3v) is 7.52. The maximum Gasteiger partial charge on any atom is 0.270 e. The molecule has 0 aliphatic carbocycles. The largest absolute Gasteiger partial charge is 0.487 e. The van der Waals surface area contributed by atoms with Crippen molar-refractivity contribution in [1.29, 1.82) is 0 Å². The number of aromatic nitrogens is 2. The molecule has 1 aromatic heterocycles. The monoisotopic (exact) mass is 458 g/mol.